The number of alkyl halides is 1. The number of carbonyl (C=O) groups excluding carboxylic acids is 2. The van der Waals surface area contributed by atoms with Gasteiger partial charge in [0, 0.05) is 5.92 Å². The van der Waals surface area contributed by atoms with Gasteiger partial charge in [0.05, 0.1) is 6.61 Å². The van der Waals surface area contributed by atoms with Crippen LogP contribution in [0.3, 0.4) is 0 Å². The van der Waals surface area contributed by atoms with Gasteiger partial charge >= 0.3 is 5.97 Å². The Morgan fingerprint density at radius 1 is 1.60 bits per heavy atom. The van der Waals surface area contributed by atoms with Crippen LogP contribution in [0.5, 0.6) is 0 Å². The predicted molar refractivity (Wildman–Crippen MR) is 53.1 cm³/mol. The maximum atomic E-state index is 14.2. The fourth-order valence-corrected chi connectivity index (χ4v) is 2.01. The first kappa shape index (κ1) is 12.1. The lowest BCUT2D eigenvalue weighted by molar-refractivity contribution is -0.166. The van der Waals surface area contributed by atoms with Crippen LogP contribution >= 0.6 is 0 Å². The van der Waals surface area contributed by atoms with Crippen LogP contribution in [-0.4, -0.2) is 24.0 Å². The number of rotatable bonds is 3. The van der Waals surface area contributed by atoms with Crippen molar-refractivity contribution in [3.8, 4) is 0 Å². The van der Waals surface area contributed by atoms with Gasteiger partial charge in [-0.3, -0.25) is 4.79 Å². The monoisotopic (exact) mass is 216 g/mol. The zero-order valence-corrected chi connectivity index (χ0v) is 9.22. The van der Waals surface area contributed by atoms with Gasteiger partial charge in [0.2, 0.25) is 0 Å². The lowest BCUT2D eigenvalue weighted by Crippen LogP contribution is -2.49. The van der Waals surface area contributed by atoms with E-state index in [0.29, 0.717) is 19.3 Å². The molecule has 0 aliphatic heterocycles. The molecule has 3 nitrogen and oxygen atoms in total. The highest BCUT2D eigenvalue weighted by Gasteiger charge is 2.51. The van der Waals surface area contributed by atoms with Gasteiger partial charge in [-0.2, -0.15) is 0 Å². The molecular formula is C11H17FO3. The molecule has 0 radical (unpaired) electrons. The van der Waals surface area contributed by atoms with Crippen molar-refractivity contribution in [1.29, 1.82) is 0 Å². The van der Waals surface area contributed by atoms with Gasteiger partial charge in [0.15, 0.2) is 5.78 Å². The minimum Gasteiger partial charge on any atom is -0.463 e. The average Bonchev–Trinajstić information content (AvgIpc) is 2.22. The summed E-state index contributed by atoms with van der Waals surface area (Å²) in [5.41, 5.74) is -2.38. The minimum absolute atomic E-state index is 0.0266. The van der Waals surface area contributed by atoms with Crippen LogP contribution in [0, 0.1) is 5.92 Å². The van der Waals surface area contributed by atoms with Crippen molar-refractivity contribution < 1.29 is 18.7 Å². The first-order valence-electron chi connectivity index (χ1n) is 5.46. The largest absolute Gasteiger partial charge is 0.463 e. The number of carbonyl (C=O) groups is 2. The molecule has 0 aromatic heterocycles. The van der Waals surface area contributed by atoms with E-state index in [0.717, 1.165) is 0 Å². The molecule has 0 N–H and O–H groups in total. The number of halogens is 1. The van der Waals surface area contributed by atoms with Crippen molar-refractivity contribution in [3.63, 3.8) is 0 Å². The first-order valence-corrected chi connectivity index (χ1v) is 5.46. The molecule has 15 heavy (non-hydrogen) atoms. The maximum absolute atomic E-state index is 14.2. The van der Waals surface area contributed by atoms with Crippen LogP contribution in [0.15, 0.2) is 0 Å². The van der Waals surface area contributed by atoms with Crippen molar-refractivity contribution in [3.05, 3.63) is 0 Å². The van der Waals surface area contributed by atoms with Gasteiger partial charge in [-0.25, -0.2) is 9.18 Å². The highest BCUT2D eigenvalue weighted by atomic mass is 19.1. The van der Waals surface area contributed by atoms with Crippen LogP contribution < -0.4 is 0 Å². The summed E-state index contributed by atoms with van der Waals surface area (Å²) in [6.45, 7) is 3.54. The van der Waals surface area contributed by atoms with Gasteiger partial charge < -0.3 is 4.74 Å². The summed E-state index contributed by atoms with van der Waals surface area (Å²) in [6.07, 6.45) is 1.81. The zero-order valence-electron chi connectivity index (χ0n) is 9.22. The SMILES string of the molecule is CCOC(=O)C1(F)CCCC(CC)C1=O. The van der Waals surface area contributed by atoms with Crippen LogP contribution in [0.2, 0.25) is 0 Å². The molecule has 0 bridgehead atoms. The topological polar surface area (TPSA) is 43.4 Å². The summed E-state index contributed by atoms with van der Waals surface area (Å²) in [5.74, 6) is -1.92. The Morgan fingerprint density at radius 2 is 2.27 bits per heavy atom. The number of esters is 1. The van der Waals surface area contributed by atoms with Gasteiger partial charge in [0.25, 0.3) is 5.67 Å². The van der Waals surface area contributed by atoms with Gasteiger partial charge in [0.1, 0.15) is 0 Å². The number of hydrogen-bond acceptors (Lipinski definition) is 3. The summed E-state index contributed by atoms with van der Waals surface area (Å²) in [4.78, 5) is 23.1. The third-order valence-corrected chi connectivity index (χ3v) is 2.93. The maximum Gasteiger partial charge on any atom is 0.351 e. The lowest BCUT2D eigenvalue weighted by Gasteiger charge is -2.30. The Labute approximate surface area is 89.0 Å². The van der Waals surface area contributed by atoms with E-state index in [-0.39, 0.29) is 18.9 Å². The second-order valence-corrected chi connectivity index (χ2v) is 3.88. The number of hydrogen-bond donors (Lipinski definition) is 0. The molecule has 0 amide bonds. The summed E-state index contributed by atoms with van der Waals surface area (Å²) < 4.78 is 18.8. The standard InChI is InChI=1S/C11H17FO3/c1-3-8-6-5-7-11(12,9(8)13)10(14)15-4-2/h8H,3-7H2,1-2H3. The van der Waals surface area contributed by atoms with E-state index in [2.05, 4.69) is 4.74 Å². The van der Waals surface area contributed by atoms with Gasteiger partial charge in [-0.05, 0) is 32.6 Å². The lowest BCUT2D eigenvalue weighted by atomic mass is 9.77. The van der Waals surface area contributed by atoms with Crippen LogP contribution in [0.1, 0.15) is 39.5 Å². The molecule has 0 saturated heterocycles. The minimum atomic E-state index is -2.38. The van der Waals surface area contributed by atoms with E-state index in [1.165, 1.54) is 0 Å². The second kappa shape index (κ2) is 4.73. The zero-order chi connectivity index (χ0) is 11.5. The molecule has 1 aliphatic rings. The Balaban J connectivity index is 2.81. The summed E-state index contributed by atoms with van der Waals surface area (Å²) in [6, 6.07) is 0. The third-order valence-electron chi connectivity index (χ3n) is 2.93. The fourth-order valence-electron chi connectivity index (χ4n) is 2.01. The van der Waals surface area contributed by atoms with Crippen molar-refractivity contribution in [2.75, 3.05) is 6.61 Å². The number of ether oxygens (including phenoxy) is 1. The molecule has 0 aromatic rings. The van der Waals surface area contributed by atoms with E-state index in [9.17, 15) is 14.0 Å². The van der Waals surface area contributed by atoms with Crippen molar-refractivity contribution in [2.24, 2.45) is 5.92 Å². The van der Waals surface area contributed by atoms with E-state index in [1.807, 2.05) is 6.92 Å². The molecule has 2 unspecified atom stereocenters. The van der Waals surface area contributed by atoms with E-state index in [1.54, 1.807) is 6.92 Å². The van der Waals surface area contributed by atoms with E-state index >= 15 is 0 Å². The normalized spacial score (nSPS) is 31.4. The average molecular weight is 216 g/mol. The molecule has 86 valence electrons. The van der Waals surface area contributed by atoms with Crippen molar-refractivity contribution in [1.82, 2.24) is 0 Å². The molecule has 1 rings (SSSR count). The molecule has 0 aromatic carbocycles. The summed E-state index contributed by atoms with van der Waals surface area (Å²) in [7, 11) is 0. The quantitative estimate of drug-likeness (QED) is 0.535. The molecule has 4 heteroatoms. The first-order chi connectivity index (χ1) is 7.06. The predicted octanol–water partition coefficient (Wildman–Crippen LogP) is 2.04. The highest BCUT2D eigenvalue weighted by molar-refractivity contribution is 6.08. The van der Waals surface area contributed by atoms with Crippen LogP contribution in [0.4, 0.5) is 4.39 Å². The molecule has 0 spiro atoms. The molecular weight excluding hydrogens is 199 g/mol. The fraction of sp³-hybridized carbons (Fsp3) is 0.818. The third kappa shape index (κ3) is 2.19. The molecule has 1 saturated carbocycles. The summed E-state index contributed by atoms with van der Waals surface area (Å²) in [5, 5.41) is 0. The van der Waals surface area contributed by atoms with Crippen LogP contribution in [-0.2, 0) is 14.3 Å². The van der Waals surface area contributed by atoms with E-state index < -0.39 is 17.4 Å². The van der Waals surface area contributed by atoms with E-state index in [4.69, 9.17) is 0 Å². The Hall–Kier alpha value is -0.930. The molecule has 0 heterocycles. The Morgan fingerprint density at radius 3 is 2.80 bits per heavy atom. The molecule has 2 atom stereocenters. The second-order valence-electron chi connectivity index (χ2n) is 3.88. The van der Waals surface area contributed by atoms with Crippen molar-refractivity contribution >= 4 is 11.8 Å². The molecule has 1 aliphatic carbocycles. The smallest absolute Gasteiger partial charge is 0.351 e. The summed E-state index contributed by atoms with van der Waals surface area (Å²) >= 11 is 0. The molecule has 1 fully saturated rings. The van der Waals surface area contributed by atoms with Crippen molar-refractivity contribution in [2.45, 2.75) is 45.2 Å². The Kier molecular flexibility index (Phi) is 3.83. The number of ketones is 1. The van der Waals surface area contributed by atoms with Gasteiger partial charge in [-0.15, -0.1) is 0 Å². The van der Waals surface area contributed by atoms with Gasteiger partial charge in [-0.1, -0.05) is 6.92 Å². The Bertz CT molecular complexity index is 265. The highest BCUT2D eigenvalue weighted by Crippen LogP contribution is 2.34. The number of Topliss-reactive ketones (excluding diaryl/α,β-unsaturated/α-hetero) is 1. The van der Waals surface area contributed by atoms with Crippen LogP contribution in [0.25, 0.3) is 0 Å².